The number of carbonyl (C=O) groups excluding carboxylic acids is 2. The third-order valence-corrected chi connectivity index (χ3v) is 2.93. The maximum atomic E-state index is 12.2. The van der Waals surface area contributed by atoms with Gasteiger partial charge in [-0.25, -0.2) is 0 Å². The van der Waals surface area contributed by atoms with Crippen LogP contribution >= 0.6 is 0 Å². The van der Waals surface area contributed by atoms with Crippen molar-refractivity contribution >= 4 is 11.8 Å². The number of nitrogens with two attached hydrogens (primary N) is 1. The van der Waals surface area contributed by atoms with Crippen molar-refractivity contribution in [3.63, 3.8) is 0 Å². The fraction of sp³-hybridized carbons (Fsp3) is 0.636. The zero-order valence-electron chi connectivity index (χ0n) is 9.66. The molecule has 2 unspecified atom stereocenters. The van der Waals surface area contributed by atoms with Gasteiger partial charge in [0.2, 0.25) is 11.8 Å². The van der Waals surface area contributed by atoms with Crippen molar-refractivity contribution in [2.45, 2.75) is 32.2 Å². The second-order valence-corrected chi connectivity index (χ2v) is 4.13. The van der Waals surface area contributed by atoms with E-state index in [4.69, 9.17) is 5.73 Å². The minimum absolute atomic E-state index is 0.137. The first-order valence-electron chi connectivity index (χ1n) is 5.57. The normalized spacial score (nSPS) is 22.2. The van der Waals surface area contributed by atoms with Gasteiger partial charge in [0, 0.05) is 18.9 Å². The lowest BCUT2D eigenvalue weighted by Crippen LogP contribution is -2.51. The van der Waals surface area contributed by atoms with Crippen LogP contribution in [0.3, 0.4) is 0 Å². The number of carbonyl (C=O) groups is 2. The highest BCUT2D eigenvalue weighted by Gasteiger charge is 2.32. The number of rotatable bonds is 4. The van der Waals surface area contributed by atoms with Crippen LogP contribution in [0.25, 0.3) is 0 Å². The van der Waals surface area contributed by atoms with E-state index >= 15 is 0 Å². The number of piperidine rings is 1. The van der Waals surface area contributed by atoms with E-state index < -0.39 is 23.9 Å². The molecule has 4 nitrogen and oxygen atoms in total. The summed E-state index contributed by atoms with van der Waals surface area (Å²) in [6, 6.07) is -0.693. The van der Waals surface area contributed by atoms with Gasteiger partial charge in [-0.1, -0.05) is 6.92 Å². The predicted octanol–water partition coefficient (Wildman–Crippen LogP) is 1.27. The highest BCUT2D eigenvalue weighted by Crippen LogP contribution is 2.23. The Hall–Kier alpha value is -1.46. The first kappa shape index (κ1) is 13.6. The van der Waals surface area contributed by atoms with Gasteiger partial charge in [-0.2, -0.15) is 8.78 Å². The molecule has 2 amide bonds. The molecule has 1 aliphatic heterocycles. The fourth-order valence-electron chi connectivity index (χ4n) is 2.09. The Morgan fingerprint density at radius 3 is 2.76 bits per heavy atom. The van der Waals surface area contributed by atoms with E-state index in [0.29, 0.717) is 12.8 Å². The van der Waals surface area contributed by atoms with E-state index in [1.807, 2.05) is 0 Å². The first-order valence-corrected chi connectivity index (χ1v) is 5.57. The van der Waals surface area contributed by atoms with Crippen molar-refractivity contribution in [3.8, 4) is 0 Å². The lowest BCUT2D eigenvalue weighted by Gasteiger charge is -2.35. The Balaban J connectivity index is 2.79. The largest absolute Gasteiger partial charge is 0.368 e. The quantitative estimate of drug-likeness (QED) is 0.811. The number of nitrogens with zero attached hydrogens (tertiary/aromatic N) is 1. The summed E-state index contributed by atoms with van der Waals surface area (Å²) in [5, 5.41) is 0. The van der Waals surface area contributed by atoms with E-state index in [1.165, 1.54) is 4.90 Å². The summed E-state index contributed by atoms with van der Waals surface area (Å²) in [6.45, 7) is 1.87. The average Bonchev–Trinajstić information content (AvgIpc) is 2.22. The van der Waals surface area contributed by atoms with Crippen LogP contribution in [-0.2, 0) is 9.59 Å². The van der Waals surface area contributed by atoms with E-state index in [2.05, 4.69) is 0 Å². The van der Waals surface area contributed by atoms with Crippen LogP contribution in [-0.4, -0.2) is 29.3 Å². The third-order valence-electron chi connectivity index (χ3n) is 2.93. The van der Waals surface area contributed by atoms with Crippen molar-refractivity contribution in [2.75, 3.05) is 6.54 Å². The Labute approximate surface area is 98.4 Å². The van der Waals surface area contributed by atoms with Gasteiger partial charge in [-0.05, 0) is 18.9 Å². The van der Waals surface area contributed by atoms with Crippen molar-refractivity contribution in [1.29, 1.82) is 0 Å². The SMILES string of the molecule is CCC(C(N)=O)N1CC(C=C(F)F)CCC1=O. The zero-order chi connectivity index (χ0) is 13.0. The van der Waals surface area contributed by atoms with Gasteiger partial charge in [0.25, 0.3) is 6.08 Å². The van der Waals surface area contributed by atoms with Crippen molar-refractivity contribution in [2.24, 2.45) is 11.7 Å². The molecule has 17 heavy (non-hydrogen) atoms. The first-order chi connectivity index (χ1) is 7.95. The molecule has 0 spiro atoms. The third kappa shape index (κ3) is 3.51. The molecule has 1 aliphatic rings. The van der Waals surface area contributed by atoms with Crippen LogP contribution in [0.2, 0.25) is 0 Å². The molecule has 96 valence electrons. The molecular weight excluding hydrogens is 230 g/mol. The molecule has 1 fully saturated rings. The fourth-order valence-corrected chi connectivity index (χ4v) is 2.09. The van der Waals surface area contributed by atoms with Gasteiger partial charge >= 0.3 is 0 Å². The van der Waals surface area contributed by atoms with Crippen LogP contribution in [0.15, 0.2) is 12.2 Å². The van der Waals surface area contributed by atoms with Gasteiger partial charge in [0.15, 0.2) is 0 Å². The van der Waals surface area contributed by atoms with Gasteiger partial charge in [0.05, 0.1) is 0 Å². The maximum Gasteiger partial charge on any atom is 0.266 e. The van der Waals surface area contributed by atoms with Crippen LogP contribution in [0, 0.1) is 5.92 Å². The molecule has 1 saturated heterocycles. The summed E-state index contributed by atoms with van der Waals surface area (Å²) in [5.74, 6) is -1.18. The molecule has 0 aromatic heterocycles. The minimum Gasteiger partial charge on any atom is -0.368 e. The van der Waals surface area contributed by atoms with Gasteiger partial charge in [-0.3, -0.25) is 9.59 Å². The van der Waals surface area contributed by atoms with Crippen molar-refractivity contribution < 1.29 is 18.4 Å². The number of amides is 2. The molecule has 0 radical (unpaired) electrons. The zero-order valence-corrected chi connectivity index (χ0v) is 9.66. The van der Waals surface area contributed by atoms with Gasteiger partial charge < -0.3 is 10.6 Å². The molecule has 6 heteroatoms. The molecule has 0 aliphatic carbocycles. The lowest BCUT2D eigenvalue weighted by atomic mass is 9.95. The molecule has 1 heterocycles. The summed E-state index contributed by atoms with van der Waals surface area (Å²) in [4.78, 5) is 24.1. The molecule has 0 bridgehead atoms. The molecule has 1 rings (SSSR count). The highest BCUT2D eigenvalue weighted by atomic mass is 19.3. The van der Waals surface area contributed by atoms with Crippen LogP contribution in [0.4, 0.5) is 8.78 Å². The number of halogens is 2. The number of likely N-dealkylation sites (tertiary alicyclic amines) is 1. The van der Waals surface area contributed by atoms with Crippen molar-refractivity contribution in [1.82, 2.24) is 4.90 Å². The second kappa shape index (κ2) is 5.75. The smallest absolute Gasteiger partial charge is 0.266 e. The van der Waals surface area contributed by atoms with E-state index in [1.54, 1.807) is 6.92 Å². The molecular formula is C11H16F2N2O2. The standard InChI is InChI=1S/C11H16F2N2O2/c1-2-8(11(14)17)15-6-7(5-9(12)13)3-4-10(15)16/h5,7-8H,2-4,6H2,1H3,(H2,14,17). The Kier molecular flexibility index (Phi) is 4.60. The number of hydrogen-bond donors (Lipinski definition) is 1. The molecule has 2 N–H and O–H groups in total. The van der Waals surface area contributed by atoms with Gasteiger partial charge in [0.1, 0.15) is 6.04 Å². The lowest BCUT2D eigenvalue weighted by molar-refractivity contribution is -0.142. The summed E-state index contributed by atoms with van der Waals surface area (Å²) < 4.78 is 24.3. The van der Waals surface area contributed by atoms with E-state index in [-0.39, 0.29) is 18.9 Å². The molecule has 0 aromatic carbocycles. The van der Waals surface area contributed by atoms with E-state index in [0.717, 1.165) is 6.08 Å². The van der Waals surface area contributed by atoms with E-state index in [9.17, 15) is 18.4 Å². The van der Waals surface area contributed by atoms with Crippen molar-refractivity contribution in [3.05, 3.63) is 12.2 Å². The van der Waals surface area contributed by atoms with Gasteiger partial charge in [-0.15, -0.1) is 0 Å². The average molecular weight is 246 g/mol. The molecule has 2 atom stereocenters. The Bertz CT molecular complexity index is 340. The summed E-state index contributed by atoms with van der Waals surface area (Å²) in [6.07, 6.45) is 0.0551. The highest BCUT2D eigenvalue weighted by molar-refractivity contribution is 5.87. The molecule has 0 aromatic rings. The Morgan fingerprint density at radius 1 is 1.65 bits per heavy atom. The summed E-state index contributed by atoms with van der Waals surface area (Å²) >= 11 is 0. The molecule has 0 saturated carbocycles. The maximum absolute atomic E-state index is 12.2. The Morgan fingerprint density at radius 2 is 2.29 bits per heavy atom. The summed E-state index contributed by atoms with van der Waals surface area (Å²) in [7, 11) is 0. The predicted molar refractivity (Wildman–Crippen MR) is 58.0 cm³/mol. The van der Waals surface area contributed by atoms with Crippen LogP contribution < -0.4 is 5.73 Å². The van der Waals surface area contributed by atoms with Crippen LogP contribution in [0.5, 0.6) is 0 Å². The number of primary amides is 1. The van der Waals surface area contributed by atoms with Crippen LogP contribution in [0.1, 0.15) is 26.2 Å². The minimum atomic E-state index is -1.75. The monoisotopic (exact) mass is 246 g/mol. The summed E-state index contributed by atoms with van der Waals surface area (Å²) in [5.41, 5.74) is 5.19. The second-order valence-electron chi connectivity index (χ2n) is 4.13. The number of hydrogen-bond acceptors (Lipinski definition) is 2. The topological polar surface area (TPSA) is 63.4 Å².